The van der Waals surface area contributed by atoms with Crippen molar-refractivity contribution >= 4 is 5.91 Å². The van der Waals surface area contributed by atoms with Crippen molar-refractivity contribution < 1.29 is 18.3 Å². The fourth-order valence-electron chi connectivity index (χ4n) is 1.97. The highest BCUT2D eigenvalue weighted by Gasteiger charge is 2.11. The molecule has 9 heteroatoms. The van der Waals surface area contributed by atoms with Gasteiger partial charge in [0, 0.05) is 29.9 Å². The van der Waals surface area contributed by atoms with Crippen LogP contribution < -0.4 is 15.6 Å². The van der Waals surface area contributed by atoms with Crippen molar-refractivity contribution in [3.8, 4) is 17.1 Å². The molecular weight excluding hydrogens is 334 g/mol. The number of amides is 1. The third-order valence-corrected chi connectivity index (χ3v) is 3.42. The standard InChI is InChI=1S/C16H18F2N4O3/c1-3-10(2)20-13(23)9-22-15(24)7-5-12(21-22)11-4-6-14(19-8-11)25-16(17)18/h4-8,10,16H,3,9H2,1-2H3,(H,20,23)/t10-/m1/s1. The lowest BCUT2D eigenvalue weighted by Gasteiger charge is -2.12. The van der Waals surface area contributed by atoms with Crippen LogP contribution in [0.5, 0.6) is 5.88 Å². The zero-order chi connectivity index (χ0) is 18.4. The largest absolute Gasteiger partial charge is 0.417 e. The number of nitrogens with one attached hydrogen (secondary N) is 1. The van der Waals surface area contributed by atoms with Crippen LogP contribution in [0.25, 0.3) is 11.3 Å². The minimum absolute atomic E-state index is 0.00189. The van der Waals surface area contributed by atoms with E-state index in [1.165, 1.54) is 30.5 Å². The molecule has 0 fully saturated rings. The number of nitrogens with zero attached hydrogens (tertiary/aromatic N) is 3. The second kappa shape index (κ2) is 8.32. The highest BCUT2D eigenvalue weighted by molar-refractivity contribution is 5.75. The first kappa shape index (κ1) is 18.5. The zero-order valence-electron chi connectivity index (χ0n) is 13.8. The van der Waals surface area contributed by atoms with Gasteiger partial charge in [-0.3, -0.25) is 9.59 Å². The molecule has 0 radical (unpaired) electrons. The van der Waals surface area contributed by atoms with Crippen molar-refractivity contribution in [2.75, 3.05) is 0 Å². The van der Waals surface area contributed by atoms with E-state index < -0.39 is 12.2 Å². The molecule has 0 bridgehead atoms. The van der Waals surface area contributed by atoms with E-state index in [-0.39, 0.29) is 24.4 Å². The van der Waals surface area contributed by atoms with E-state index in [0.29, 0.717) is 11.3 Å². The summed E-state index contributed by atoms with van der Waals surface area (Å²) in [6, 6.07) is 5.51. The van der Waals surface area contributed by atoms with E-state index in [0.717, 1.165) is 11.1 Å². The number of hydrogen-bond acceptors (Lipinski definition) is 5. The summed E-state index contributed by atoms with van der Waals surface area (Å²) < 4.78 is 29.5. The number of rotatable bonds is 7. The Morgan fingerprint density at radius 1 is 1.32 bits per heavy atom. The van der Waals surface area contributed by atoms with Gasteiger partial charge in [0.1, 0.15) is 6.54 Å². The SMILES string of the molecule is CC[C@@H](C)NC(=O)Cn1nc(-c2ccc(OC(F)F)nc2)ccc1=O. The number of hydrogen-bond donors (Lipinski definition) is 1. The van der Waals surface area contributed by atoms with Gasteiger partial charge in [-0.15, -0.1) is 0 Å². The van der Waals surface area contributed by atoms with Crippen LogP contribution in [0.1, 0.15) is 20.3 Å². The fraction of sp³-hybridized carbons (Fsp3) is 0.375. The Balaban J connectivity index is 2.18. The Morgan fingerprint density at radius 2 is 2.08 bits per heavy atom. The maximum absolute atomic E-state index is 12.1. The lowest BCUT2D eigenvalue weighted by molar-refractivity contribution is -0.122. The van der Waals surface area contributed by atoms with E-state index in [2.05, 4.69) is 20.1 Å². The van der Waals surface area contributed by atoms with Gasteiger partial charge in [-0.25, -0.2) is 9.67 Å². The van der Waals surface area contributed by atoms with E-state index in [1.54, 1.807) is 0 Å². The average molecular weight is 352 g/mol. The normalized spacial score (nSPS) is 12.0. The lowest BCUT2D eigenvalue weighted by atomic mass is 10.2. The molecule has 0 aromatic carbocycles. The minimum Gasteiger partial charge on any atom is -0.417 e. The lowest BCUT2D eigenvalue weighted by Crippen LogP contribution is -2.37. The summed E-state index contributed by atoms with van der Waals surface area (Å²) in [4.78, 5) is 27.5. The molecule has 2 heterocycles. The summed E-state index contributed by atoms with van der Waals surface area (Å²) in [6.07, 6.45) is 2.07. The van der Waals surface area contributed by atoms with Crippen LogP contribution in [-0.2, 0) is 11.3 Å². The van der Waals surface area contributed by atoms with Gasteiger partial charge in [0.2, 0.25) is 11.8 Å². The Kier molecular flexibility index (Phi) is 6.15. The van der Waals surface area contributed by atoms with Crippen LogP contribution in [0.15, 0.2) is 35.3 Å². The van der Waals surface area contributed by atoms with Gasteiger partial charge < -0.3 is 10.1 Å². The summed E-state index contributed by atoms with van der Waals surface area (Å²) in [5, 5.41) is 6.87. The van der Waals surface area contributed by atoms with Crippen LogP contribution in [0.2, 0.25) is 0 Å². The first-order chi connectivity index (χ1) is 11.9. The molecule has 2 aromatic rings. The maximum Gasteiger partial charge on any atom is 0.388 e. The van der Waals surface area contributed by atoms with Gasteiger partial charge >= 0.3 is 6.61 Å². The zero-order valence-corrected chi connectivity index (χ0v) is 13.8. The van der Waals surface area contributed by atoms with E-state index in [9.17, 15) is 18.4 Å². The van der Waals surface area contributed by atoms with Gasteiger partial charge in [0.15, 0.2) is 0 Å². The van der Waals surface area contributed by atoms with Gasteiger partial charge in [-0.1, -0.05) is 6.92 Å². The van der Waals surface area contributed by atoms with Crippen LogP contribution >= 0.6 is 0 Å². The van der Waals surface area contributed by atoms with Crippen LogP contribution in [-0.4, -0.2) is 33.3 Å². The van der Waals surface area contributed by atoms with Crippen molar-refractivity contribution in [3.63, 3.8) is 0 Å². The molecular formula is C16H18F2N4O3. The molecule has 0 aliphatic carbocycles. The van der Waals surface area contributed by atoms with Gasteiger partial charge in [0.25, 0.3) is 5.56 Å². The van der Waals surface area contributed by atoms with Crippen molar-refractivity contribution in [3.05, 3.63) is 40.8 Å². The topological polar surface area (TPSA) is 86.1 Å². The Bertz CT molecular complexity index is 778. The molecule has 2 aromatic heterocycles. The Hall–Kier alpha value is -2.84. The molecule has 1 atom stereocenters. The highest BCUT2D eigenvalue weighted by Crippen LogP contribution is 2.18. The molecule has 25 heavy (non-hydrogen) atoms. The number of pyridine rings is 1. The number of alkyl halides is 2. The monoisotopic (exact) mass is 352 g/mol. The van der Waals surface area contributed by atoms with E-state index in [4.69, 9.17) is 0 Å². The number of aromatic nitrogens is 3. The smallest absolute Gasteiger partial charge is 0.388 e. The second-order valence-corrected chi connectivity index (χ2v) is 5.35. The molecule has 0 saturated heterocycles. The third kappa shape index (κ3) is 5.33. The molecule has 7 nitrogen and oxygen atoms in total. The summed E-state index contributed by atoms with van der Waals surface area (Å²) in [7, 11) is 0. The molecule has 0 spiro atoms. The Morgan fingerprint density at radius 3 is 2.68 bits per heavy atom. The predicted molar refractivity (Wildman–Crippen MR) is 86.3 cm³/mol. The van der Waals surface area contributed by atoms with Gasteiger partial charge in [0.05, 0.1) is 5.69 Å². The van der Waals surface area contributed by atoms with Crippen molar-refractivity contribution in [2.24, 2.45) is 0 Å². The quantitative estimate of drug-likeness (QED) is 0.821. The molecule has 2 rings (SSSR count). The molecule has 1 amide bonds. The van der Waals surface area contributed by atoms with Crippen molar-refractivity contribution in [1.29, 1.82) is 0 Å². The number of carbonyl (C=O) groups is 1. The van der Waals surface area contributed by atoms with E-state index in [1.807, 2.05) is 13.8 Å². The van der Waals surface area contributed by atoms with Gasteiger partial charge in [-0.2, -0.15) is 13.9 Å². The summed E-state index contributed by atoms with van der Waals surface area (Å²) >= 11 is 0. The average Bonchev–Trinajstić information content (AvgIpc) is 2.57. The van der Waals surface area contributed by atoms with Crippen molar-refractivity contribution in [1.82, 2.24) is 20.1 Å². The number of ether oxygens (including phenoxy) is 1. The summed E-state index contributed by atoms with van der Waals surface area (Å²) in [5.74, 6) is -0.542. The molecule has 134 valence electrons. The van der Waals surface area contributed by atoms with Crippen LogP contribution in [0, 0.1) is 0 Å². The van der Waals surface area contributed by atoms with Crippen LogP contribution in [0.4, 0.5) is 8.78 Å². The maximum atomic E-state index is 12.1. The molecule has 0 saturated carbocycles. The highest BCUT2D eigenvalue weighted by atomic mass is 19.3. The number of halogens is 2. The van der Waals surface area contributed by atoms with E-state index >= 15 is 0 Å². The molecule has 0 unspecified atom stereocenters. The van der Waals surface area contributed by atoms with Gasteiger partial charge in [-0.05, 0) is 25.5 Å². The minimum atomic E-state index is -2.96. The first-order valence-electron chi connectivity index (χ1n) is 7.67. The summed E-state index contributed by atoms with van der Waals surface area (Å²) in [5.41, 5.74) is 0.457. The third-order valence-electron chi connectivity index (χ3n) is 3.42. The molecule has 0 aliphatic heterocycles. The fourth-order valence-corrected chi connectivity index (χ4v) is 1.97. The number of carbonyl (C=O) groups excluding carboxylic acids is 1. The van der Waals surface area contributed by atoms with Crippen molar-refractivity contribution in [2.45, 2.75) is 39.5 Å². The van der Waals surface area contributed by atoms with Crippen LogP contribution in [0.3, 0.4) is 0 Å². The molecule has 1 N–H and O–H groups in total. The Labute approximate surface area is 142 Å². The predicted octanol–water partition coefficient (Wildman–Crippen LogP) is 1.82. The summed E-state index contributed by atoms with van der Waals surface area (Å²) in [6.45, 7) is 0.628. The molecule has 0 aliphatic rings. The first-order valence-corrected chi connectivity index (χ1v) is 7.67. The second-order valence-electron chi connectivity index (χ2n) is 5.35.